The number of pyridine rings is 1. The minimum absolute atomic E-state index is 0.0110. The molecule has 36 heavy (non-hydrogen) atoms. The van der Waals surface area contributed by atoms with Crippen LogP contribution in [0, 0.1) is 5.82 Å². The first kappa shape index (κ1) is 23.7. The second-order valence-corrected chi connectivity index (χ2v) is 11.6. The summed E-state index contributed by atoms with van der Waals surface area (Å²) in [5, 5.41) is -1.33. The molecule has 2 saturated heterocycles. The third-order valence-electron chi connectivity index (χ3n) is 7.17. The second-order valence-electron chi connectivity index (χ2n) is 9.36. The van der Waals surface area contributed by atoms with Gasteiger partial charge in [0.05, 0.1) is 6.04 Å². The van der Waals surface area contributed by atoms with E-state index < -0.39 is 50.1 Å². The SMILES string of the molecule is CS(=O)(=O)c1nc2c3c(nc(Cl)c(F)c3n1)OC(C(F)F)C1C3CCC(CN21)N3Cc1ccccc1. The Kier molecular flexibility index (Phi) is 5.54. The number of fused-ring (bicyclic) bond motifs is 5. The molecule has 3 aliphatic rings. The van der Waals surface area contributed by atoms with E-state index in [1.165, 1.54) is 0 Å². The summed E-state index contributed by atoms with van der Waals surface area (Å²) in [7, 11) is -3.97. The Labute approximate surface area is 210 Å². The maximum absolute atomic E-state index is 15.1. The first-order valence-corrected chi connectivity index (χ1v) is 13.7. The molecule has 13 heteroatoms. The van der Waals surface area contributed by atoms with Crippen LogP contribution in [0.4, 0.5) is 19.0 Å². The number of hydrogen-bond acceptors (Lipinski definition) is 8. The first-order valence-electron chi connectivity index (χ1n) is 11.4. The average molecular weight is 540 g/mol. The van der Waals surface area contributed by atoms with Crippen LogP contribution < -0.4 is 9.64 Å². The quantitative estimate of drug-likeness (QED) is 0.368. The highest BCUT2D eigenvalue weighted by Gasteiger charge is 2.54. The van der Waals surface area contributed by atoms with E-state index in [0.717, 1.165) is 18.2 Å². The number of halogens is 4. The van der Waals surface area contributed by atoms with Crippen molar-refractivity contribution in [1.82, 2.24) is 19.9 Å². The lowest BCUT2D eigenvalue weighted by molar-refractivity contribution is -0.0309. The van der Waals surface area contributed by atoms with Gasteiger partial charge in [0, 0.05) is 31.4 Å². The molecule has 6 rings (SSSR count). The smallest absolute Gasteiger partial charge is 0.276 e. The van der Waals surface area contributed by atoms with Gasteiger partial charge in [-0.15, -0.1) is 0 Å². The van der Waals surface area contributed by atoms with Gasteiger partial charge >= 0.3 is 0 Å². The summed E-state index contributed by atoms with van der Waals surface area (Å²) >= 11 is 5.94. The Balaban J connectivity index is 1.55. The number of anilines is 1. The molecule has 1 aromatic carbocycles. The number of alkyl halides is 2. The van der Waals surface area contributed by atoms with Gasteiger partial charge in [0.15, 0.2) is 17.1 Å². The van der Waals surface area contributed by atoms with E-state index in [9.17, 15) is 17.2 Å². The molecular formula is C23H21ClF3N5O3S. The minimum atomic E-state index is -3.97. The number of piperazine rings is 1. The minimum Gasteiger partial charge on any atom is -0.465 e. The van der Waals surface area contributed by atoms with Crippen LogP contribution in [-0.2, 0) is 16.4 Å². The van der Waals surface area contributed by atoms with Crippen LogP contribution in [0.3, 0.4) is 0 Å². The summed E-state index contributed by atoms with van der Waals surface area (Å²) in [5.74, 6) is -1.38. The van der Waals surface area contributed by atoms with E-state index in [1.54, 1.807) is 4.90 Å². The summed E-state index contributed by atoms with van der Waals surface area (Å²) in [4.78, 5) is 15.9. The Morgan fingerprint density at radius 2 is 1.92 bits per heavy atom. The molecule has 2 aromatic heterocycles. The van der Waals surface area contributed by atoms with Crippen LogP contribution in [0.25, 0.3) is 10.9 Å². The molecule has 5 heterocycles. The van der Waals surface area contributed by atoms with Crippen molar-refractivity contribution in [2.75, 3.05) is 17.7 Å². The van der Waals surface area contributed by atoms with Crippen molar-refractivity contribution in [2.24, 2.45) is 0 Å². The molecule has 0 spiro atoms. The predicted octanol–water partition coefficient (Wildman–Crippen LogP) is 3.47. The topological polar surface area (TPSA) is 88.5 Å². The van der Waals surface area contributed by atoms with E-state index in [4.69, 9.17) is 16.3 Å². The van der Waals surface area contributed by atoms with Crippen LogP contribution in [-0.4, -0.2) is 71.7 Å². The summed E-state index contributed by atoms with van der Waals surface area (Å²) in [6.07, 6.45) is -2.26. The van der Waals surface area contributed by atoms with Gasteiger partial charge in [-0.05, 0) is 18.4 Å². The third kappa shape index (κ3) is 3.69. The lowest BCUT2D eigenvalue weighted by Crippen LogP contribution is -2.65. The summed E-state index contributed by atoms with van der Waals surface area (Å²) in [6.45, 7) is 0.843. The zero-order valence-corrected chi connectivity index (χ0v) is 20.6. The Morgan fingerprint density at radius 3 is 2.61 bits per heavy atom. The Bertz CT molecular complexity index is 1460. The van der Waals surface area contributed by atoms with Gasteiger partial charge in [0.25, 0.3) is 6.43 Å². The number of ether oxygens (including phenoxy) is 1. The molecule has 2 fully saturated rings. The lowest BCUT2D eigenvalue weighted by atomic mass is 9.96. The number of nitrogens with zero attached hydrogens (tertiary/aromatic N) is 5. The fourth-order valence-electron chi connectivity index (χ4n) is 5.68. The number of benzene rings is 1. The molecule has 0 aliphatic carbocycles. The molecule has 3 aliphatic heterocycles. The fraction of sp³-hybridized carbons (Fsp3) is 0.435. The highest BCUT2D eigenvalue weighted by molar-refractivity contribution is 7.90. The average Bonchev–Trinajstić information content (AvgIpc) is 3.02. The van der Waals surface area contributed by atoms with Gasteiger partial charge in [-0.3, -0.25) is 4.90 Å². The van der Waals surface area contributed by atoms with Crippen LogP contribution in [0.15, 0.2) is 35.5 Å². The maximum Gasteiger partial charge on any atom is 0.276 e. The molecular weight excluding hydrogens is 519 g/mol. The number of sulfone groups is 1. The first-order chi connectivity index (χ1) is 17.1. The van der Waals surface area contributed by atoms with Gasteiger partial charge in [-0.25, -0.2) is 31.6 Å². The normalized spacial score (nSPS) is 25.7. The van der Waals surface area contributed by atoms with Crippen LogP contribution >= 0.6 is 11.6 Å². The van der Waals surface area contributed by atoms with Crippen molar-refractivity contribution in [2.45, 2.75) is 55.2 Å². The molecule has 8 nitrogen and oxygen atoms in total. The van der Waals surface area contributed by atoms with Crippen molar-refractivity contribution in [3.63, 3.8) is 0 Å². The highest BCUT2D eigenvalue weighted by Crippen LogP contribution is 2.46. The molecule has 3 aromatic rings. The van der Waals surface area contributed by atoms with Crippen molar-refractivity contribution in [1.29, 1.82) is 0 Å². The number of hydrogen-bond donors (Lipinski definition) is 0. The third-order valence-corrected chi connectivity index (χ3v) is 8.26. The second kappa shape index (κ2) is 8.42. The molecule has 2 bridgehead atoms. The monoisotopic (exact) mass is 539 g/mol. The van der Waals surface area contributed by atoms with Gasteiger partial charge < -0.3 is 9.64 Å². The van der Waals surface area contributed by atoms with Crippen molar-refractivity contribution >= 4 is 38.2 Å². The van der Waals surface area contributed by atoms with Gasteiger partial charge in [0.1, 0.15) is 16.7 Å². The van der Waals surface area contributed by atoms with E-state index in [2.05, 4.69) is 19.9 Å². The van der Waals surface area contributed by atoms with E-state index in [1.807, 2.05) is 30.3 Å². The van der Waals surface area contributed by atoms with Crippen molar-refractivity contribution < 1.29 is 26.3 Å². The largest absolute Gasteiger partial charge is 0.465 e. The highest BCUT2D eigenvalue weighted by atomic mass is 35.5. The molecule has 0 N–H and O–H groups in total. The Hall–Kier alpha value is -2.70. The van der Waals surface area contributed by atoms with E-state index in [0.29, 0.717) is 13.0 Å². The van der Waals surface area contributed by atoms with Crippen LogP contribution in [0.5, 0.6) is 5.88 Å². The van der Waals surface area contributed by atoms with Gasteiger partial charge in [-0.2, -0.15) is 4.98 Å². The van der Waals surface area contributed by atoms with Crippen LogP contribution in [0.2, 0.25) is 5.15 Å². The Morgan fingerprint density at radius 1 is 1.17 bits per heavy atom. The summed E-state index contributed by atoms with van der Waals surface area (Å²) < 4.78 is 74.7. The van der Waals surface area contributed by atoms with Gasteiger partial charge in [0.2, 0.25) is 20.9 Å². The molecule has 0 saturated carbocycles. The van der Waals surface area contributed by atoms with E-state index >= 15 is 4.39 Å². The molecule has 4 unspecified atom stereocenters. The zero-order chi connectivity index (χ0) is 25.4. The number of aromatic nitrogens is 3. The fourth-order valence-corrected chi connectivity index (χ4v) is 6.36. The molecule has 190 valence electrons. The molecule has 0 radical (unpaired) electrons. The zero-order valence-electron chi connectivity index (χ0n) is 19.0. The molecule has 4 atom stereocenters. The predicted molar refractivity (Wildman–Crippen MR) is 126 cm³/mol. The van der Waals surface area contributed by atoms with E-state index in [-0.39, 0.29) is 35.7 Å². The standard InChI is InChI=1S/C23H21ClF3N5O3S/c1-36(33,34)23-28-16-14-21(30-23)32-10-12-7-8-13(31(12)9-11-5-3-2-4-6-11)17(32)18(20(26)27)35-22(14)29-19(24)15(16)25/h2-6,12-13,17-18,20H,7-10H2,1H3. The van der Waals surface area contributed by atoms with Gasteiger partial charge in [-0.1, -0.05) is 41.9 Å². The van der Waals surface area contributed by atoms with Crippen LogP contribution in [0.1, 0.15) is 18.4 Å². The number of rotatable bonds is 4. The molecule has 0 amide bonds. The maximum atomic E-state index is 15.1. The lowest BCUT2D eigenvalue weighted by Gasteiger charge is -2.48. The van der Waals surface area contributed by atoms with Crippen molar-refractivity contribution in [3.05, 3.63) is 46.9 Å². The van der Waals surface area contributed by atoms with Crippen molar-refractivity contribution in [3.8, 4) is 5.88 Å². The summed E-state index contributed by atoms with van der Waals surface area (Å²) in [5.41, 5.74) is 0.622. The summed E-state index contributed by atoms with van der Waals surface area (Å²) in [6, 6.07) is 8.48.